The minimum atomic E-state index is -5.86. The molecule has 110 heavy (non-hydrogen) atoms. The predicted octanol–water partition coefficient (Wildman–Crippen LogP) is -3.60. The summed E-state index contributed by atoms with van der Waals surface area (Å²) >= 11 is 0. The molecule has 0 spiro atoms. The van der Waals surface area contributed by atoms with Crippen molar-refractivity contribution in [1.82, 2.24) is 0 Å². The van der Waals surface area contributed by atoms with Crippen LogP contribution in [-0.2, 0) is 80.0 Å². The zero-order valence-electron chi connectivity index (χ0n) is 62.5. The Labute approximate surface area is 639 Å². The van der Waals surface area contributed by atoms with Crippen LogP contribution in [0.25, 0.3) is 0 Å². The number of allylic oxidation sites excluding steroid dienone is 4. The van der Waals surface area contributed by atoms with Crippen LogP contribution in [0.5, 0.6) is 0 Å². The molecule has 5 aliphatic heterocycles. The van der Waals surface area contributed by atoms with Crippen molar-refractivity contribution in [1.29, 1.82) is 0 Å². The molecule has 0 radical (unpaired) electrons. The third kappa shape index (κ3) is 29.1. The molecule has 1 aliphatic carbocycles. The Morgan fingerprint density at radius 1 is 0.364 bits per heavy atom. The summed E-state index contributed by atoms with van der Waals surface area (Å²) in [7, 11) is -5.86. The van der Waals surface area contributed by atoms with Crippen LogP contribution in [0.4, 0.5) is 0 Å². The first-order chi connectivity index (χ1) is 52.5. The zero-order valence-corrected chi connectivity index (χ0v) is 63.4. The largest absolute Gasteiger partial charge is 0.472 e. The van der Waals surface area contributed by atoms with Gasteiger partial charge in [0.25, 0.3) is 0 Å². The highest BCUT2D eigenvalue weighted by Crippen LogP contribution is 2.49. The van der Waals surface area contributed by atoms with E-state index in [1.807, 2.05) is 0 Å². The van der Waals surface area contributed by atoms with Crippen molar-refractivity contribution < 1.29 is 187 Å². The van der Waals surface area contributed by atoms with Gasteiger partial charge in [-0.05, 0) is 38.5 Å². The number of carbonyl (C=O) groups excluding carboxylic acids is 2. The fourth-order valence-corrected chi connectivity index (χ4v) is 14.4. The average Bonchev–Trinajstić information content (AvgIpc) is 0.778. The van der Waals surface area contributed by atoms with E-state index in [0.29, 0.717) is 19.3 Å². The lowest BCUT2D eigenvalue weighted by Gasteiger charge is -2.49. The van der Waals surface area contributed by atoms with Crippen LogP contribution in [0.1, 0.15) is 168 Å². The molecule has 642 valence electrons. The highest BCUT2D eigenvalue weighted by Gasteiger charge is 2.59. The molecule has 0 aromatic carbocycles. The highest BCUT2D eigenvalue weighted by atomic mass is 31.2. The van der Waals surface area contributed by atoms with Crippen molar-refractivity contribution in [3.8, 4) is 0 Å². The van der Waals surface area contributed by atoms with Gasteiger partial charge in [-0.1, -0.05) is 141 Å². The van der Waals surface area contributed by atoms with E-state index in [0.717, 1.165) is 83.5 Å². The maximum atomic E-state index is 14.4. The molecule has 39 heteroatoms. The Balaban J connectivity index is 1.14. The lowest BCUT2D eigenvalue weighted by molar-refractivity contribution is -0.365. The quantitative estimate of drug-likeness (QED) is 0.0121. The van der Waals surface area contributed by atoms with E-state index in [4.69, 9.17) is 65.9 Å². The van der Waals surface area contributed by atoms with Gasteiger partial charge in [-0.15, -0.1) is 0 Å². The van der Waals surface area contributed by atoms with E-state index in [-0.39, 0.29) is 12.8 Å². The second kappa shape index (κ2) is 49.5. The average molecular weight is 1620 g/mol. The summed E-state index contributed by atoms with van der Waals surface area (Å²) in [5, 5.41) is 217. The van der Waals surface area contributed by atoms with Crippen LogP contribution in [0.2, 0.25) is 0 Å². The molecule has 6 rings (SSSR count). The SMILES string of the molecule is CCC/C=C\C/C=C\CCCCCCCC(=O)O[C@H](COC(=O)CCCCCCCCCCCCCCC)COP(=O)(O)O[C@@H]1C(O[C@@H]2OC(CO[C@@H]3OC(CO[C@@H]4OC(CO[C@@H]5OC(CO)[C@H](O)C(O)[C@@H]5O)[C@H](O)C(O)[C@@H]4O)[C@H](O)C(O)[C@@H]3O)[C@H](O)C(O)[C@@H]2O)C(O)[C@@H](O)C(O)[C@H]1O[C@H]1OC(CO)[C@@H](O)C(O)[C@H]1O. The minimum absolute atomic E-state index is 0.0222. The molecule has 0 aromatic rings. The van der Waals surface area contributed by atoms with Crippen LogP contribution in [0.15, 0.2) is 24.3 Å². The van der Waals surface area contributed by atoms with Crippen molar-refractivity contribution in [3.05, 3.63) is 24.3 Å². The summed E-state index contributed by atoms with van der Waals surface area (Å²) in [6, 6.07) is 0. The fraction of sp³-hybridized carbons (Fsp3) is 0.915. The highest BCUT2D eigenvalue weighted by molar-refractivity contribution is 7.47. The van der Waals surface area contributed by atoms with E-state index in [1.54, 1.807) is 0 Å². The van der Waals surface area contributed by atoms with Gasteiger partial charge in [-0.25, -0.2) is 4.57 Å². The first-order valence-corrected chi connectivity index (χ1v) is 40.2. The molecule has 14 unspecified atom stereocenters. The van der Waals surface area contributed by atoms with E-state index < -0.39 is 262 Å². The lowest BCUT2D eigenvalue weighted by atomic mass is 9.84. The van der Waals surface area contributed by atoms with Crippen LogP contribution >= 0.6 is 7.82 Å². The Hall–Kier alpha value is -2.67. The summed E-state index contributed by atoms with van der Waals surface area (Å²) in [6.07, 6.45) is -37.0. The monoisotopic (exact) mass is 1620 g/mol. The maximum Gasteiger partial charge on any atom is 0.472 e. The van der Waals surface area contributed by atoms with Gasteiger partial charge in [0.05, 0.1) is 39.6 Å². The molecule has 6 aliphatic rings. The first-order valence-electron chi connectivity index (χ1n) is 38.7. The van der Waals surface area contributed by atoms with Gasteiger partial charge in [0, 0.05) is 12.8 Å². The molecule has 21 N–H and O–H groups in total. The van der Waals surface area contributed by atoms with Crippen molar-refractivity contribution in [2.24, 2.45) is 0 Å². The number of carbonyl (C=O) groups is 2. The summed E-state index contributed by atoms with van der Waals surface area (Å²) in [5.74, 6) is -1.50. The summed E-state index contributed by atoms with van der Waals surface area (Å²) < 4.78 is 92.8. The Morgan fingerprint density at radius 3 is 1.11 bits per heavy atom. The smallest absolute Gasteiger partial charge is 0.462 e. The second-order valence-electron chi connectivity index (χ2n) is 29.0. The molecular weight excluding hydrogens is 1490 g/mol. The standard InChI is InChI=1S/C71H125O38P/c1-3-5-7-9-11-13-15-17-19-21-23-25-27-29-44(74)96-33-38(101-45(75)30-28-26-24-22-20-18-16-14-12-10-8-6-4-2)34-100-110(94,95)109-66-64(107-70-62(92)52(82)47(77)40(32-73)103-70)57(87)56(86)58(88)65(66)108-71-63(93)55(85)50(80)43(106-71)37-99-69-61(91)54(84)49(79)42(105-69)36-98-68-60(90)53(83)48(78)41(104-68)35-97-67-59(89)51(81)46(76)39(31-72)102-67/h8,10,14,16,38-43,46-73,76-93H,3-7,9,11-13,15,17-37H2,1-2H3,(H,94,95)/b10-8-,16-14-/t38-,39?,40?,41?,42?,43?,46+,47-,48+,49+,50+,51?,52?,53?,54?,55?,56+,57?,58?,59+,60+,61+,62-,63+,64-,65?,66+,67-,68-,69-,70-,71+/m1/s1. The number of esters is 2. The van der Waals surface area contributed by atoms with Crippen LogP contribution in [-0.4, -0.2) is 361 Å². The van der Waals surface area contributed by atoms with E-state index in [1.165, 1.54) is 38.5 Å². The topological polar surface area (TPSA) is 605 Å². The van der Waals surface area contributed by atoms with Gasteiger partial charge in [0.1, 0.15) is 165 Å². The number of phosphoric ester groups is 1. The Kier molecular flexibility index (Phi) is 43.3. The van der Waals surface area contributed by atoms with Gasteiger partial charge in [-0.3, -0.25) is 18.6 Å². The van der Waals surface area contributed by atoms with Gasteiger partial charge >= 0.3 is 19.8 Å². The van der Waals surface area contributed by atoms with Crippen molar-refractivity contribution >= 4 is 19.8 Å². The second-order valence-corrected chi connectivity index (χ2v) is 30.4. The number of rotatable bonds is 49. The molecule has 5 saturated heterocycles. The van der Waals surface area contributed by atoms with Crippen LogP contribution in [0.3, 0.4) is 0 Å². The number of aliphatic hydroxyl groups is 20. The van der Waals surface area contributed by atoms with Crippen molar-refractivity contribution in [3.63, 3.8) is 0 Å². The van der Waals surface area contributed by atoms with Crippen LogP contribution < -0.4 is 0 Å². The van der Waals surface area contributed by atoms with E-state index in [9.17, 15) is 121 Å². The number of hydrogen-bond donors (Lipinski definition) is 21. The van der Waals surface area contributed by atoms with Gasteiger partial charge in [-0.2, -0.15) is 0 Å². The molecule has 6 fully saturated rings. The molecular formula is C71H125O38P. The maximum absolute atomic E-state index is 14.4. The predicted molar refractivity (Wildman–Crippen MR) is 375 cm³/mol. The number of ether oxygens (including phenoxy) is 12. The third-order valence-electron chi connectivity index (χ3n) is 20.3. The molecule has 0 amide bonds. The summed E-state index contributed by atoms with van der Waals surface area (Å²) in [6.45, 7) is -2.01. The van der Waals surface area contributed by atoms with Gasteiger partial charge < -0.3 is 164 Å². The summed E-state index contributed by atoms with van der Waals surface area (Å²) in [4.78, 5) is 38.2. The number of hydrogen-bond acceptors (Lipinski definition) is 37. The minimum Gasteiger partial charge on any atom is -0.462 e. The molecule has 5 heterocycles. The number of unbranched alkanes of at least 4 members (excludes halogenated alkanes) is 18. The summed E-state index contributed by atoms with van der Waals surface area (Å²) in [5.41, 5.74) is 0. The Morgan fingerprint density at radius 2 is 0.700 bits per heavy atom. The fourth-order valence-electron chi connectivity index (χ4n) is 13.4. The zero-order chi connectivity index (χ0) is 80.8. The van der Waals surface area contributed by atoms with Crippen molar-refractivity contribution in [2.75, 3.05) is 46.2 Å². The Bertz CT molecular complexity index is 2660. The molecule has 0 aromatic heterocycles. The third-order valence-corrected chi connectivity index (χ3v) is 21.3. The number of aliphatic hydroxyl groups excluding tert-OH is 20. The number of phosphoric acid groups is 1. The van der Waals surface area contributed by atoms with Gasteiger partial charge in [0.15, 0.2) is 37.6 Å². The van der Waals surface area contributed by atoms with Crippen LogP contribution in [0, 0.1) is 0 Å². The van der Waals surface area contributed by atoms with Crippen molar-refractivity contribution in [2.45, 2.75) is 364 Å². The molecule has 1 saturated carbocycles. The van der Waals surface area contributed by atoms with E-state index >= 15 is 0 Å². The molecule has 0 bridgehead atoms. The first kappa shape index (κ1) is 96.2. The van der Waals surface area contributed by atoms with Gasteiger partial charge in [0.2, 0.25) is 0 Å². The molecule has 33 atom stereocenters. The normalized spacial score (nSPS) is 38.8. The van der Waals surface area contributed by atoms with E-state index in [2.05, 4.69) is 38.2 Å². The lowest BCUT2D eigenvalue weighted by Crippen LogP contribution is -2.69. The molecule has 38 nitrogen and oxygen atoms in total.